The molecule has 0 amide bonds. The van der Waals surface area contributed by atoms with Crippen molar-refractivity contribution in [3.8, 4) is 0 Å². The molecule has 0 aliphatic rings. The third kappa shape index (κ3) is 3.34. The van der Waals surface area contributed by atoms with Gasteiger partial charge >= 0.3 is 0 Å². The van der Waals surface area contributed by atoms with Crippen molar-refractivity contribution in [2.24, 2.45) is 0 Å². The van der Waals surface area contributed by atoms with E-state index in [2.05, 4.69) is 0 Å². The fourth-order valence-electron chi connectivity index (χ4n) is 1.55. The van der Waals surface area contributed by atoms with E-state index in [9.17, 15) is 25.3 Å². The first-order valence-electron chi connectivity index (χ1n) is 5.23. The summed E-state index contributed by atoms with van der Waals surface area (Å²) in [4.78, 5) is -0.331. The van der Waals surface area contributed by atoms with Crippen LogP contribution in [0.25, 0.3) is 0 Å². The Morgan fingerprint density at radius 3 is 1.79 bits per heavy atom. The van der Waals surface area contributed by atoms with Gasteiger partial charge in [-0.3, -0.25) is 0 Å². The second-order valence-electron chi connectivity index (χ2n) is 3.93. The second-order valence-corrected chi connectivity index (χ2v) is 11.4. The Morgan fingerprint density at radius 1 is 0.947 bits per heavy atom. The third-order valence-electron chi connectivity index (χ3n) is 2.37. The summed E-state index contributed by atoms with van der Waals surface area (Å²) in [7, 11) is -13.1. The molecule has 1 rings (SSSR count). The summed E-state index contributed by atoms with van der Waals surface area (Å²) in [5.41, 5.74) is 0. The first-order valence-corrected chi connectivity index (χ1v) is 10.4. The molecule has 0 saturated carbocycles. The van der Waals surface area contributed by atoms with Crippen molar-refractivity contribution in [3.63, 3.8) is 0 Å². The Morgan fingerprint density at radius 2 is 1.42 bits per heavy atom. The van der Waals surface area contributed by atoms with Gasteiger partial charge in [-0.2, -0.15) is 0 Å². The quantitative estimate of drug-likeness (QED) is 0.767. The Balaban J connectivity index is 3.62. The van der Waals surface area contributed by atoms with Crippen LogP contribution in [0.4, 0.5) is 0 Å². The smallest absolute Gasteiger partial charge is 0.227 e. The molecule has 0 N–H and O–H groups in total. The van der Waals surface area contributed by atoms with Crippen LogP contribution in [0.5, 0.6) is 0 Å². The Hall–Kier alpha value is -0.930. The van der Waals surface area contributed by atoms with Gasteiger partial charge < -0.3 is 0 Å². The fraction of sp³-hybridized carbons (Fsp3) is 0.400. The van der Waals surface area contributed by atoms with Crippen LogP contribution >= 0.6 is 0 Å². The minimum atomic E-state index is -4.50. The second kappa shape index (κ2) is 5.22. The average molecular weight is 326 g/mol. The number of benzene rings is 1. The van der Waals surface area contributed by atoms with E-state index < -0.39 is 39.2 Å². The van der Waals surface area contributed by atoms with Crippen molar-refractivity contribution in [3.05, 3.63) is 30.3 Å². The molecule has 6 nitrogen and oxygen atoms in total. The predicted octanol–water partition coefficient (Wildman–Crippen LogP) is 0.223. The molecule has 0 saturated heterocycles. The van der Waals surface area contributed by atoms with Crippen LogP contribution in [-0.2, 0) is 29.5 Å². The van der Waals surface area contributed by atoms with Crippen LogP contribution in [0.3, 0.4) is 0 Å². The van der Waals surface area contributed by atoms with Gasteiger partial charge in [-0.1, -0.05) is 25.1 Å². The lowest BCUT2D eigenvalue weighted by atomic mass is 10.4. The van der Waals surface area contributed by atoms with Gasteiger partial charge in [0.1, 0.15) is 0 Å². The molecule has 19 heavy (non-hydrogen) atoms. The number of sulfone groups is 3. The topological polar surface area (TPSA) is 102 Å². The third-order valence-corrected chi connectivity index (χ3v) is 11.3. The van der Waals surface area contributed by atoms with Crippen molar-refractivity contribution in [1.29, 1.82) is 0 Å². The molecule has 0 radical (unpaired) electrons. The predicted molar refractivity (Wildman–Crippen MR) is 71.7 cm³/mol. The lowest BCUT2D eigenvalue weighted by molar-refractivity contribution is 0.576. The van der Waals surface area contributed by atoms with Crippen molar-refractivity contribution in [2.45, 2.75) is 15.7 Å². The maximum absolute atomic E-state index is 12.2. The normalized spacial score (nSPS) is 15.1. The van der Waals surface area contributed by atoms with Gasteiger partial charge in [-0.15, -0.1) is 0 Å². The molecule has 0 aliphatic carbocycles. The summed E-state index contributed by atoms with van der Waals surface area (Å²) in [5.74, 6) is -0.573. The minimum Gasteiger partial charge on any atom is -0.227 e. The van der Waals surface area contributed by atoms with Crippen LogP contribution in [0.2, 0.25) is 0 Å². The summed E-state index contributed by atoms with van der Waals surface area (Å²) in [5, 5.41) is 0. The highest BCUT2D eigenvalue weighted by atomic mass is 32.3. The van der Waals surface area contributed by atoms with E-state index in [0.717, 1.165) is 0 Å². The van der Waals surface area contributed by atoms with Gasteiger partial charge in [-0.25, -0.2) is 25.3 Å². The van der Waals surface area contributed by atoms with Gasteiger partial charge in [0.25, 0.3) is 3.91 Å². The molecular weight excluding hydrogens is 312 g/mol. The molecule has 0 heterocycles. The van der Waals surface area contributed by atoms with Crippen LogP contribution in [0, 0.1) is 0 Å². The zero-order valence-electron chi connectivity index (χ0n) is 10.3. The molecule has 9 heteroatoms. The van der Waals surface area contributed by atoms with Gasteiger partial charge in [-0.05, 0) is 12.1 Å². The zero-order chi connectivity index (χ0) is 14.9. The molecule has 0 spiro atoms. The molecule has 1 aromatic rings. The van der Waals surface area contributed by atoms with Crippen molar-refractivity contribution in [1.82, 2.24) is 0 Å². The van der Waals surface area contributed by atoms with Crippen molar-refractivity contribution >= 4 is 29.5 Å². The molecule has 1 unspecified atom stereocenters. The van der Waals surface area contributed by atoms with Crippen LogP contribution in [0.15, 0.2) is 35.2 Å². The van der Waals surface area contributed by atoms with E-state index in [1.807, 2.05) is 0 Å². The highest BCUT2D eigenvalue weighted by Gasteiger charge is 2.45. The summed E-state index contributed by atoms with van der Waals surface area (Å²) in [6.07, 6.45) is 0.603. The zero-order valence-corrected chi connectivity index (χ0v) is 12.8. The Kier molecular flexibility index (Phi) is 4.43. The monoisotopic (exact) mass is 326 g/mol. The molecule has 1 aromatic carbocycles. The SMILES string of the molecule is CCS(=O)(=O)C(S(C)(=O)=O)S(=O)(=O)c1ccccc1. The minimum absolute atomic E-state index is 0.331. The van der Waals surface area contributed by atoms with E-state index >= 15 is 0 Å². The van der Waals surface area contributed by atoms with Gasteiger partial charge in [0.15, 0.2) is 19.7 Å². The van der Waals surface area contributed by atoms with Gasteiger partial charge in [0.2, 0.25) is 9.84 Å². The van der Waals surface area contributed by atoms with Crippen molar-refractivity contribution in [2.75, 3.05) is 12.0 Å². The summed E-state index contributed by atoms with van der Waals surface area (Å²) >= 11 is 0. The molecule has 1 atom stereocenters. The van der Waals surface area contributed by atoms with E-state index in [1.165, 1.54) is 31.2 Å². The molecule has 0 bridgehead atoms. The highest BCUT2D eigenvalue weighted by molar-refractivity contribution is 8.24. The Labute approximate surface area is 113 Å². The molecule has 0 aromatic heterocycles. The largest absolute Gasteiger partial charge is 0.266 e. The fourth-order valence-corrected chi connectivity index (χ4v) is 9.58. The maximum Gasteiger partial charge on any atom is 0.266 e. The van der Waals surface area contributed by atoms with E-state index in [4.69, 9.17) is 0 Å². The van der Waals surface area contributed by atoms with Crippen LogP contribution in [-0.4, -0.2) is 41.2 Å². The lowest BCUT2D eigenvalue weighted by Gasteiger charge is -2.15. The maximum atomic E-state index is 12.2. The van der Waals surface area contributed by atoms with Crippen molar-refractivity contribution < 1.29 is 25.3 Å². The van der Waals surface area contributed by atoms with Gasteiger partial charge in [0.05, 0.1) is 4.90 Å². The molecular formula is C10H14O6S3. The summed E-state index contributed by atoms with van der Waals surface area (Å²) in [6, 6.07) is 6.66. The standard InChI is InChI=1S/C10H14O6S3/c1-3-18(13,14)10(17(2,11)12)19(15,16)9-7-5-4-6-8-9/h4-8,10H,3H2,1-2H3. The molecule has 0 aliphatic heterocycles. The first-order chi connectivity index (χ1) is 8.53. The Bertz CT molecular complexity index is 745. The van der Waals surface area contributed by atoms with E-state index in [1.54, 1.807) is 6.07 Å². The van der Waals surface area contributed by atoms with E-state index in [-0.39, 0.29) is 4.90 Å². The highest BCUT2D eigenvalue weighted by Crippen LogP contribution is 2.24. The number of hydrogen-bond acceptors (Lipinski definition) is 6. The molecule has 0 fully saturated rings. The van der Waals surface area contributed by atoms with Gasteiger partial charge in [0, 0.05) is 12.0 Å². The first kappa shape index (κ1) is 16.1. The molecule has 108 valence electrons. The summed E-state index contributed by atoms with van der Waals surface area (Å²) in [6.45, 7) is 1.20. The van der Waals surface area contributed by atoms with Crippen LogP contribution in [0.1, 0.15) is 6.92 Å². The average Bonchev–Trinajstić information content (AvgIpc) is 2.27. The van der Waals surface area contributed by atoms with Crippen LogP contribution < -0.4 is 0 Å². The lowest BCUT2D eigenvalue weighted by Crippen LogP contribution is -2.38. The summed E-state index contributed by atoms with van der Waals surface area (Å²) < 4.78 is 68.8. The van der Waals surface area contributed by atoms with E-state index in [0.29, 0.717) is 6.26 Å². The number of rotatable bonds is 5. The number of hydrogen-bond donors (Lipinski definition) is 0.